The number of hydrogen-bond acceptors (Lipinski definition) is 4. The van der Waals surface area contributed by atoms with Gasteiger partial charge in [0, 0.05) is 33.4 Å². The van der Waals surface area contributed by atoms with Gasteiger partial charge in [0.2, 0.25) is 0 Å². The third-order valence-electron chi connectivity index (χ3n) is 10.8. The van der Waals surface area contributed by atoms with Crippen molar-refractivity contribution >= 4 is 21.2 Å². The first-order valence-electron chi connectivity index (χ1n) is 22.1. The molecule has 0 radical (unpaired) electrons. The molecule has 0 aromatic rings. The Hall–Kier alpha value is 0.347. The zero-order chi connectivity index (χ0) is 35.1. The molecule has 1 N–H and O–H groups in total. The Morgan fingerprint density at radius 2 is 0.612 bits per heavy atom. The Balaban J connectivity index is 0. The molecule has 0 amide bonds. The maximum absolute atomic E-state index is 5.64. The first-order chi connectivity index (χ1) is 23.7. The highest BCUT2D eigenvalue weighted by molar-refractivity contribution is 6.60. The Morgan fingerprint density at radius 3 is 0.857 bits per heavy atom. The summed E-state index contributed by atoms with van der Waals surface area (Å²) in [4.78, 5) is 0. The minimum absolute atomic E-state index is 0. The molecule has 4 nitrogen and oxygen atoms in total. The van der Waals surface area contributed by atoms with Crippen molar-refractivity contribution in [3.05, 3.63) is 0 Å². The number of nitrogens with one attached hydrogen (secondary N) is 1. The zero-order valence-electron chi connectivity index (χ0n) is 34.4. The Labute approximate surface area is 317 Å². The zero-order valence-corrected chi connectivity index (χ0v) is 36.2. The van der Waals surface area contributed by atoms with Gasteiger partial charge in [-0.25, -0.2) is 0 Å². The SMILES string of the molecule is CCCCCCCCCCCCCCCCCCC(CCCCCCCCCCCCCCCCCC)NCCC[Si](OC)(OC)OC.Cl. The van der Waals surface area contributed by atoms with Crippen molar-refractivity contribution in [1.82, 2.24) is 5.32 Å². The van der Waals surface area contributed by atoms with E-state index in [1.165, 1.54) is 218 Å². The summed E-state index contributed by atoms with van der Waals surface area (Å²) < 4.78 is 16.9. The van der Waals surface area contributed by atoms with Gasteiger partial charge < -0.3 is 18.6 Å². The molecule has 0 aliphatic rings. The molecule has 0 saturated carbocycles. The number of halogens is 1. The second-order valence-corrected chi connectivity index (χ2v) is 18.3. The van der Waals surface area contributed by atoms with Crippen LogP contribution in [0.15, 0.2) is 0 Å². The highest BCUT2D eigenvalue weighted by Gasteiger charge is 2.36. The van der Waals surface area contributed by atoms with Gasteiger partial charge in [0.05, 0.1) is 0 Å². The second-order valence-electron chi connectivity index (χ2n) is 15.2. The van der Waals surface area contributed by atoms with Gasteiger partial charge >= 0.3 is 8.80 Å². The lowest BCUT2D eigenvalue weighted by Crippen LogP contribution is -2.43. The molecule has 49 heavy (non-hydrogen) atoms. The van der Waals surface area contributed by atoms with Crippen molar-refractivity contribution < 1.29 is 13.3 Å². The summed E-state index contributed by atoms with van der Waals surface area (Å²) in [5.74, 6) is 0. The molecule has 0 unspecified atom stereocenters. The lowest BCUT2D eigenvalue weighted by Gasteiger charge is -2.25. The Morgan fingerprint density at radius 1 is 0.367 bits per heavy atom. The second kappa shape index (κ2) is 42.8. The van der Waals surface area contributed by atoms with Crippen LogP contribution in [0, 0.1) is 0 Å². The van der Waals surface area contributed by atoms with Gasteiger partial charge in [-0.2, -0.15) is 0 Å². The molecule has 0 aliphatic heterocycles. The van der Waals surface area contributed by atoms with Gasteiger partial charge in [-0.05, 0) is 25.8 Å². The van der Waals surface area contributed by atoms with Crippen LogP contribution < -0.4 is 5.32 Å². The summed E-state index contributed by atoms with van der Waals surface area (Å²) in [5, 5.41) is 3.92. The molecule has 0 bridgehead atoms. The minimum atomic E-state index is -2.46. The van der Waals surface area contributed by atoms with Crippen molar-refractivity contribution in [1.29, 1.82) is 0 Å². The van der Waals surface area contributed by atoms with E-state index in [0.717, 1.165) is 19.0 Å². The summed E-state index contributed by atoms with van der Waals surface area (Å²) in [6.45, 7) is 5.65. The summed E-state index contributed by atoms with van der Waals surface area (Å²) in [7, 11) is 2.72. The number of unbranched alkanes of at least 4 members (excludes halogenated alkanes) is 30. The fourth-order valence-corrected chi connectivity index (χ4v) is 9.12. The molecule has 0 aromatic carbocycles. The van der Waals surface area contributed by atoms with Crippen LogP contribution in [0.3, 0.4) is 0 Å². The van der Waals surface area contributed by atoms with E-state index in [1.807, 2.05) is 0 Å². The summed E-state index contributed by atoms with van der Waals surface area (Å²) in [5.41, 5.74) is 0. The smallest absolute Gasteiger partial charge is 0.377 e. The third-order valence-corrected chi connectivity index (χ3v) is 13.7. The van der Waals surface area contributed by atoms with Crippen LogP contribution >= 0.6 is 12.4 Å². The molecule has 0 fully saturated rings. The van der Waals surface area contributed by atoms with E-state index in [4.69, 9.17) is 13.3 Å². The Kier molecular flexibility index (Phi) is 44.9. The van der Waals surface area contributed by atoms with Crippen molar-refractivity contribution in [3.63, 3.8) is 0 Å². The number of rotatable bonds is 42. The molecule has 0 aliphatic carbocycles. The van der Waals surface area contributed by atoms with Crippen LogP contribution in [0.2, 0.25) is 6.04 Å². The van der Waals surface area contributed by atoms with Crippen molar-refractivity contribution in [2.45, 2.75) is 251 Å². The van der Waals surface area contributed by atoms with Gasteiger partial charge in [0.15, 0.2) is 0 Å². The highest BCUT2D eigenvalue weighted by Crippen LogP contribution is 2.19. The van der Waals surface area contributed by atoms with Gasteiger partial charge in [-0.15, -0.1) is 12.4 Å². The first kappa shape index (κ1) is 51.5. The van der Waals surface area contributed by atoms with E-state index in [1.54, 1.807) is 21.3 Å². The topological polar surface area (TPSA) is 39.7 Å². The Bertz CT molecular complexity index is 551. The van der Waals surface area contributed by atoms with Crippen LogP contribution in [-0.2, 0) is 13.3 Å². The molecule has 6 heteroatoms. The summed E-state index contributed by atoms with van der Waals surface area (Å²) >= 11 is 0. The average molecular weight is 735 g/mol. The van der Waals surface area contributed by atoms with Gasteiger partial charge in [0.1, 0.15) is 0 Å². The van der Waals surface area contributed by atoms with Crippen LogP contribution in [0.25, 0.3) is 0 Å². The first-order valence-corrected chi connectivity index (χ1v) is 24.0. The average Bonchev–Trinajstić information content (AvgIpc) is 3.11. The predicted octanol–water partition coefficient (Wildman–Crippen LogP) is 14.9. The molecule has 0 spiro atoms. The minimum Gasteiger partial charge on any atom is -0.377 e. The van der Waals surface area contributed by atoms with Gasteiger partial charge in [-0.3, -0.25) is 0 Å². The maximum atomic E-state index is 5.64. The fourth-order valence-electron chi connectivity index (χ4n) is 7.39. The van der Waals surface area contributed by atoms with E-state index in [9.17, 15) is 0 Å². The van der Waals surface area contributed by atoms with Crippen LogP contribution in [-0.4, -0.2) is 42.7 Å². The molecule has 0 aromatic heterocycles. The van der Waals surface area contributed by atoms with E-state index in [0.29, 0.717) is 6.04 Å². The maximum Gasteiger partial charge on any atom is 0.500 e. The fraction of sp³-hybridized carbons (Fsp3) is 1.00. The molecule has 0 rings (SSSR count). The van der Waals surface area contributed by atoms with E-state index in [-0.39, 0.29) is 12.4 Å². The van der Waals surface area contributed by atoms with Gasteiger partial charge in [-0.1, -0.05) is 219 Å². The molecular formula is C43H92ClNO3Si. The normalized spacial score (nSPS) is 11.9. The third kappa shape index (κ3) is 36.5. The standard InChI is InChI=1S/C43H91NO3Si.ClH/c1-6-8-10-12-14-16-18-20-22-24-26-28-30-32-34-36-39-43(44-41-38-42-48(45-3,46-4)47-5)40-37-35-33-31-29-27-25-23-21-19-17-15-13-11-9-7-2;/h43-44H,6-42H2,1-5H3;1H. The molecule has 0 heterocycles. The molecule has 298 valence electrons. The lowest BCUT2D eigenvalue weighted by atomic mass is 9.99. The van der Waals surface area contributed by atoms with E-state index in [2.05, 4.69) is 19.2 Å². The van der Waals surface area contributed by atoms with E-state index >= 15 is 0 Å². The van der Waals surface area contributed by atoms with Crippen LogP contribution in [0.4, 0.5) is 0 Å². The van der Waals surface area contributed by atoms with Crippen molar-refractivity contribution in [3.8, 4) is 0 Å². The molecule has 0 saturated heterocycles. The number of hydrogen-bond donors (Lipinski definition) is 1. The van der Waals surface area contributed by atoms with Crippen LogP contribution in [0.1, 0.15) is 239 Å². The monoisotopic (exact) mass is 734 g/mol. The van der Waals surface area contributed by atoms with Gasteiger partial charge in [0.25, 0.3) is 0 Å². The summed E-state index contributed by atoms with van der Waals surface area (Å²) in [6, 6.07) is 1.54. The lowest BCUT2D eigenvalue weighted by molar-refractivity contribution is 0.123. The summed E-state index contributed by atoms with van der Waals surface area (Å²) in [6.07, 6.45) is 49.8. The predicted molar refractivity (Wildman–Crippen MR) is 224 cm³/mol. The highest BCUT2D eigenvalue weighted by atomic mass is 35.5. The molecular weight excluding hydrogens is 642 g/mol. The van der Waals surface area contributed by atoms with Crippen LogP contribution in [0.5, 0.6) is 0 Å². The van der Waals surface area contributed by atoms with Crippen molar-refractivity contribution in [2.24, 2.45) is 0 Å². The largest absolute Gasteiger partial charge is 0.500 e. The van der Waals surface area contributed by atoms with Crippen molar-refractivity contribution in [2.75, 3.05) is 27.9 Å². The van der Waals surface area contributed by atoms with E-state index < -0.39 is 8.80 Å². The quantitative estimate of drug-likeness (QED) is 0.0501. The molecule has 0 atom stereocenters.